The van der Waals surface area contributed by atoms with Gasteiger partial charge in [0, 0.05) is 7.05 Å². The normalized spacial score (nSPS) is 11.6. The SMILES string of the molecule is Cn1nnc2c1nc(N)n1nc(-c3ccco3)nc21. The van der Waals surface area contributed by atoms with Crippen molar-refractivity contribution in [1.29, 1.82) is 0 Å². The maximum atomic E-state index is 5.87. The van der Waals surface area contributed by atoms with Gasteiger partial charge in [-0.05, 0) is 12.1 Å². The number of nitrogens with two attached hydrogens (primary N) is 1. The molecule has 9 nitrogen and oxygen atoms in total. The summed E-state index contributed by atoms with van der Waals surface area (Å²) in [6.45, 7) is 0. The van der Waals surface area contributed by atoms with Crippen molar-refractivity contribution in [1.82, 2.24) is 34.6 Å². The summed E-state index contributed by atoms with van der Waals surface area (Å²) in [7, 11) is 1.74. The lowest BCUT2D eigenvalue weighted by atomic mass is 10.4. The molecule has 0 unspecified atom stereocenters. The molecule has 9 heteroatoms. The van der Waals surface area contributed by atoms with Crippen molar-refractivity contribution in [3.63, 3.8) is 0 Å². The number of nitrogen functional groups attached to an aromatic ring is 1. The third-order valence-electron chi connectivity index (χ3n) is 2.80. The van der Waals surface area contributed by atoms with Gasteiger partial charge in [-0.25, -0.2) is 9.67 Å². The lowest BCUT2D eigenvalue weighted by Gasteiger charge is -1.96. The predicted octanol–water partition coefficient (Wildman–Crippen LogP) is 0.248. The van der Waals surface area contributed by atoms with Crippen molar-refractivity contribution in [2.75, 3.05) is 5.73 Å². The summed E-state index contributed by atoms with van der Waals surface area (Å²) in [6, 6.07) is 3.53. The van der Waals surface area contributed by atoms with Crippen molar-refractivity contribution in [2.45, 2.75) is 0 Å². The van der Waals surface area contributed by atoms with Gasteiger partial charge >= 0.3 is 0 Å². The van der Waals surface area contributed by atoms with E-state index in [4.69, 9.17) is 10.2 Å². The minimum atomic E-state index is 0.221. The van der Waals surface area contributed by atoms with Crippen LogP contribution >= 0.6 is 0 Å². The molecule has 4 heterocycles. The van der Waals surface area contributed by atoms with Gasteiger partial charge in [0.25, 0.3) is 0 Å². The average Bonchev–Trinajstić information content (AvgIpc) is 3.08. The highest BCUT2D eigenvalue weighted by Gasteiger charge is 2.17. The second kappa shape index (κ2) is 3.28. The Hall–Kier alpha value is -2.97. The molecule has 4 aromatic rings. The highest BCUT2D eigenvalue weighted by molar-refractivity contribution is 5.86. The van der Waals surface area contributed by atoms with Crippen LogP contribution in [0.5, 0.6) is 0 Å². The summed E-state index contributed by atoms with van der Waals surface area (Å²) >= 11 is 0. The first-order valence-corrected chi connectivity index (χ1v) is 5.49. The Kier molecular flexibility index (Phi) is 1.73. The standard InChI is InChI=1S/C10H8N8O/c1-17-8-6(14-16-17)9-12-7(5-3-2-4-19-5)15-18(9)10(11)13-8/h2-4H,1H3,(H2,11,13). The molecule has 0 radical (unpaired) electrons. The molecule has 19 heavy (non-hydrogen) atoms. The summed E-state index contributed by atoms with van der Waals surface area (Å²) in [5.74, 6) is 1.20. The molecule has 94 valence electrons. The summed E-state index contributed by atoms with van der Waals surface area (Å²) < 4.78 is 8.23. The Labute approximate surface area is 105 Å². The van der Waals surface area contributed by atoms with Gasteiger partial charge in [-0.15, -0.1) is 10.2 Å². The highest BCUT2D eigenvalue weighted by Crippen LogP contribution is 2.21. The third kappa shape index (κ3) is 1.26. The van der Waals surface area contributed by atoms with Crippen molar-refractivity contribution in [2.24, 2.45) is 7.05 Å². The van der Waals surface area contributed by atoms with Crippen molar-refractivity contribution >= 4 is 22.8 Å². The van der Waals surface area contributed by atoms with Crippen LogP contribution in [-0.4, -0.2) is 34.6 Å². The summed E-state index contributed by atoms with van der Waals surface area (Å²) in [5.41, 5.74) is 7.47. The molecule has 4 rings (SSSR count). The molecule has 0 saturated carbocycles. The molecule has 0 aromatic carbocycles. The molecule has 4 aromatic heterocycles. The Morgan fingerprint density at radius 2 is 2.16 bits per heavy atom. The molecule has 0 aliphatic rings. The van der Waals surface area contributed by atoms with Crippen LogP contribution in [0.2, 0.25) is 0 Å². The fourth-order valence-electron chi connectivity index (χ4n) is 1.91. The molecule has 0 spiro atoms. The molecule has 0 fully saturated rings. The van der Waals surface area contributed by atoms with Crippen molar-refractivity contribution < 1.29 is 4.42 Å². The van der Waals surface area contributed by atoms with Crippen LogP contribution < -0.4 is 5.73 Å². The van der Waals surface area contributed by atoms with Crippen LogP contribution in [0.4, 0.5) is 5.95 Å². The summed E-state index contributed by atoms with van der Waals surface area (Å²) in [5, 5.41) is 12.2. The van der Waals surface area contributed by atoms with E-state index >= 15 is 0 Å². The van der Waals surface area contributed by atoms with Crippen LogP contribution in [0.15, 0.2) is 22.8 Å². The van der Waals surface area contributed by atoms with Gasteiger partial charge in [0.05, 0.1) is 6.26 Å². The van der Waals surface area contributed by atoms with E-state index in [9.17, 15) is 0 Å². The first kappa shape index (κ1) is 10.00. The number of anilines is 1. The van der Waals surface area contributed by atoms with Gasteiger partial charge in [-0.2, -0.15) is 9.50 Å². The second-order valence-electron chi connectivity index (χ2n) is 4.00. The minimum absolute atomic E-state index is 0.221. The monoisotopic (exact) mass is 256 g/mol. The van der Waals surface area contributed by atoms with Gasteiger partial charge < -0.3 is 10.2 Å². The fourth-order valence-corrected chi connectivity index (χ4v) is 1.91. The average molecular weight is 256 g/mol. The van der Waals surface area contributed by atoms with Crippen LogP contribution in [0.3, 0.4) is 0 Å². The van der Waals surface area contributed by atoms with Gasteiger partial charge in [0.1, 0.15) is 0 Å². The molecular weight excluding hydrogens is 248 g/mol. The fraction of sp³-hybridized carbons (Fsp3) is 0.100. The molecule has 0 aliphatic carbocycles. The van der Waals surface area contributed by atoms with Crippen LogP contribution in [0, 0.1) is 0 Å². The zero-order chi connectivity index (χ0) is 13.0. The number of hydrogen-bond donors (Lipinski definition) is 1. The van der Waals surface area contributed by atoms with E-state index in [0.717, 1.165) is 0 Å². The minimum Gasteiger partial charge on any atom is -0.461 e. The van der Waals surface area contributed by atoms with Gasteiger partial charge in [-0.3, -0.25) is 0 Å². The third-order valence-corrected chi connectivity index (χ3v) is 2.80. The topological polar surface area (TPSA) is 113 Å². The first-order chi connectivity index (χ1) is 9.24. The number of aryl methyl sites for hydroxylation is 1. The van der Waals surface area contributed by atoms with Crippen molar-refractivity contribution in [3.05, 3.63) is 18.4 Å². The zero-order valence-electron chi connectivity index (χ0n) is 9.85. The Morgan fingerprint density at radius 1 is 1.26 bits per heavy atom. The van der Waals surface area contributed by atoms with Crippen LogP contribution in [0.25, 0.3) is 28.4 Å². The lowest BCUT2D eigenvalue weighted by molar-refractivity contribution is 0.577. The van der Waals surface area contributed by atoms with E-state index in [1.54, 1.807) is 25.4 Å². The zero-order valence-corrected chi connectivity index (χ0v) is 9.85. The van der Waals surface area contributed by atoms with E-state index in [2.05, 4.69) is 25.4 Å². The number of aromatic nitrogens is 7. The number of furan rings is 1. The van der Waals surface area contributed by atoms with Gasteiger partial charge in [0.2, 0.25) is 11.8 Å². The maximum absolute atomic E-state index is 5.87. The number of nitrogens with zero attached hydrogens (tertiary/aromatic N) is 7. The largest absolute Gasteiger partial charge is 0.461 e. The second-order valence-corrected chi connectivity index (χ2v) is 4.00. The molecular formula is C10H8N8O. The summed E-state index contributed by atoms with van der Waals surface area (Å²) in [4.78, 5) is 8.58. The number of hydrogen-bond acceptors (Lipinski definition) is 7. The van der Waals surface area contributed by atoms with Crippen molar-refractivity contribution in [3.8, 4) is 11.6 Å². The quantitative estimate of drug-likeness (QED) is 0.519. The summed E-state index contributed by atoms with van der Waals surface area (Å²) in [6.07, 6.45) is 1.56. The Balaban J connectivity index is 2.12. The van der Waals surface area contributed by atoms with E-state index < -0.39 is 0 Å². The van der Waals surface area contributed by atoms with E-state index in [0.29, 0.717) is 28.4 Å². The molecule has 0 amide bonds. The predicted molar refractivity (Wildman–Crippen MR) is 65.0 cm³/mol. The van der Waals surface area contributed by atoms with E-state index in [-0.39, 0.29) is 5.95 Å². The highest BCUT2D eigenvalue weighted by atomic mass is 16.3. The smallest absolute Gasteiger partial charge is 0.225 e. The first-order valence-electron chi connectivity index (χ1n) is 5.49. The maximum Gasteiger partial charge on any atom is 0.225 e. The molecule has 0 saturated heterocycles. The van der Waals surface area contributed by atoms with Gasteiger partial charge in [-0.1, -0.05) is 5.21 Å². The van der Waals surface area contributed by atoms with E-state index in [1.807, 2.05) is 0 Å². The van der Waals surface area contributed by atoms with Crippen LogP contribution in [0.1, 0.15) is 0 Å². The Bertz CT molecular complexity index is 887. The molecule has 2 N–H and O–H groups in total. The van der Waals surface area contributed by atoms with Gasteiger partial charge in [0.15, 0.2) is 22.6 Å². The molecule has 0 atom stereocenters. The molecule has 0 aliphatic heterocycles. The molecule has 0 bridgehead atoms. The van der Waals surface area contributed by atoms with E-state index in [1.165, 1.54) is 9.20 Å². The van der Waals surface area contributed by atoms with Crippen LogP contribution in [-0.2, 0) is 7.05 Å². The lowest BCUT2D eigenvalue weighted by Crippen LogP contribution is -2.03. The number of fused-ring (bicyclic) bond motifs is 3. The Morgan fingerprint density at radius 3 is 2.95 bits per heavy atom. The number of rotatable bonds is 1.